The van der Waals surface area contributed by atoms with Crippen molar-refractivity contribution < 1.29 is 4.92 Å². The number of benzene rings is 1. The van der Waals surface area contributed by atoms with E-state index in [2.05, 4.69) is 23.2 Å². The lowest BCUT2D eigenvalue weighted by Gasteiger charge is -2.26. The zero-order valence-corrected chi connectivity index (χ0v) is 11.3. The number of nitro groups is 1. The van der Waals surface area contributed by atoms with Crippen molar-refractivity contribution in [1.29, 1.82) is 0 Å². The normalized spacial score (nSPS) is 29.6. The number of hydrogen-bond acceptors (Lipinski definition) is 4. The molecule has 0 aromatic heterocycles. The summed E-state index contributed by atoms with van der Waals surface area (Å²) >= 11 is 0. The molecule has 2 fully saturated rings. The van der Waals surface area contributed by atoms with Crippen molar-refractivity contribution in [2.45, 2.75) is 19.9 Å². The number of nitrogens with zero attached hydrogens (tertiary/aromatic N) is 2. The van der Waals surface area contributed by atoms with Crippen molar-refractivity contribution in [2.75, 3.05) is 24.5 Å². The van der Waals surface area contributed by atoms with Crippen molar-refractivity contribution in [3.63, 3.8) is 0 Å². The highest BCUT2D eigenvalue weighted by molar-refractivity contribution is 5.57. The first-order valence-corrected chi connectivity index (χ1v) is 6.79. The topological polar surface area (TPSA) is 58.4 Å². The van der Waals surface area contributed by atoms with E-state index in [-0.39, 0.29) is 10.6 Å². The number of rotatable bonds is 2. The summed E-state index contributed by atoms with van der Waals surface area (Å²) < 4.78 is 0. The van der Waals surface area contributed by atoms with Gasteiger partial charge in [-0.05, 0) is 37.3 Å². The van der Waals surface area contributed by atoms with Gasteiger partial charge in [0.2, 0.25) is 0 Å². The van der Waals surface area contributed by atoms with Crippen LogP contribution in [0.3, 0.4) is 0 Å². The summed E-state index contributed by atoms with van der Waals surface area (Å²) in [4.78, 5) is 13.0. The third kappa shape index (κ3) is 2.08. The maximum absolute atomic E-state index is 11.0. The van der Waals surface area contributed by atoms with Gasteiger partial charge in [0.25, 0.3) is 5.69 Å². The van der Waals surface area contributed by atoms with Gasteiger partial charge in [-0.25, -0.2) is 0 Å². The maximum Gasteiger partial charge on any atom is 0.271 e. The lowest BCUT2D eigenvalue weighted by atomic mass is 9.95. The van der Waals surface area contributed by atoms with Crippen LogP contribution in [0.5, 0.6) is 0 Å². The number of hydrogen-bond donors (Lipinski definition) is 1. The summed E-state index contributed by atoms with van der Waals surface area (Å²) in [7, 11) is 0. The Labute approximate surface area is 112 Å². The Morgan fingerprint density at radius 2 is 2.16 bits per heavy atom. The molecule has 1 aromatic carbocycles. The van der Waals surface area contributed by atoms with Crippen molar-refractivity contribution in [3.05, 3.63) is 33.9 Å². The highest BCUT2D eigenvalue weighted by Crippen LogP contribution is 2.37. The van der Waals surface area contributed by atoms with Gasteiger partial charge in [-0.3, -0.25) is 10.1 Å². The average Bonchev–Trinajstić information content (AvgIpc) is 2.92. The minimum Gasteiger partial charge on any atom is -0.368 e. The Kier molecular flexibility index (Phi) is 2.93. The second-order valence-electron chi connectivity index (χ2n) is 5.76. The molecule has 5 nitrogen and oxygen atoms in total. The Hall–Kier alpha value is -1.62. The Bertz CT molecular complexity index is 517. The zero-order chi connectivity index (χ0) is 13.6. The highest BCUT2D eigenvalue weighted by atomic mass is 16.6. The van der Waals surface area contributed by atoms with Gasteiger partial charge in [-0.15, -0.1) is 0 Å². The lowest BCUT2D eigenvalue weighted by Crippen LogP contribution is -2.33. The van der Waals surface area contributed by atoms with E-state index in [1.807, 2.05) is 6.92 Å². The molecule has 2 aliphatic heterocycles. The molecule has 1 N–H and O–H groups in total. The molecule has 3 atom stereocenters. The van der Waals surface area contributed by atoms with E-state index < -0.39 is 0 Å². The van der Waals surface area contributed by atoms with Gasteiger partial charge in [0, 0.05) is 43.5 Å². The van der Waals surface area contributed by atoms with Crippen LogP contribution in [-0.4, -0.2) is 30.6 Å². The van der Waals surface area contributed by atoms with Crippen molar-refractivity contribution in [3.8, 4) is 0 Å². The number of non-ortho nitro benzene ring substituents is 1. The molecule has 0 amide bonds. The molecule has 2 heterocycles. The van der Waals surface area contributed by atoms with Gasteiger partial charge in [0.1, 0.15) is 0 Å². The SMILES string of the molecule is Cc1cc(N2CC3CNCC3C2C)cc([N+](=O)[O-])c1. The number of nitro benzene ring substituents is 1. The number of fused-ring (bicyclic) bond motifs is 1. The van der Waals surface area contributed by atoms with Crippen LogP contribution in [0.25, 0.3) is 0 Å². The Morgan fingerprint density at radius 3 is 2.84 bits per heavy atom. The van der Waals surface area contributed by atoms with Crippen molar-refractivity contribution in [2.24, 2.45) is 11.8 Å². The minimum atomic E-state index is -0.306. The standard InChI is InChI=1S/C14H19N3O2/c1-9-3-12(5-13(4-9)17(18)19)16-8-11-6-15-7-14(11)10(16)2/h3-5,10-11,14-15H,6-8H2,1-2H3. The quantitative estimate of drug-likeness (QED) is 0.653. The van der Waals surface area contributed by atoms with Crippen LogP contribution in [0.2, 0.25) is 0 Å². The van der Waals surface area contributed by atoms with Crippen LogP contribution in [0.15, 0.2) is 18.2 Å². The van der Waals surface area contributed by atoms with Crippen molar-refractivity contribution >= 4 is 11.4 Å². The van der Waals surface area contributed by atoms with Gasteiger partial charge in [0.15, 0.2) is 0 Å². The molecular formula is C14H19N3O2. The van der Waals surface area contributed by atoms with Gasteiger partial charge >= 0.3 is 0 Å². The first-order valence-electron chi connectivity index (χ1n) is 6.79. The zero-order valence-electron chi connectivity index (χ0n) is 11.3. The molecule has 5 heteroatoms. The second kappa shape index (κ2) is 4.49. The fourth-order valence-electron chi connectivity index (χ4n) is 3.52. The minimum absolute atomic E-state index is 0.192. The average molecular weight is 261 g/mol. The molecule has 0 spiro atoms. The molecular weight excluding hydrogens is 242 g/mol. The summed E-state index contributed by atoms with van der Waals surface area (Å²) in [5.74, 6) is 1.34. The molecule has 0 radical (unpaired) electrons. The predicted molar refractivity (Wildman–Crippen MR) is 74.5 cm³/mol. The number of anilines is 1. The fourth-order valence-corrected chi connectivity index (χ4v) is 3.52. The summed E-state index contributed by atoms with van der Waals surface area (Å²) in [5, 5.41) is 14.4. The molecule has 1 aromatic rings. The van der Waals surface area contributed by atoms with Crippen LogP contribution in [0.1, 0.15) is 12.5 Å². The number of nitrogens with one attached hydrogen (secondary N) is 1. The summed E-state index contributed by atoms with van der Waals surface area (Å²) in [5.41, 5.74) is 2.14. The number of aryl methyl sites for hydroxylation is 1. The molecule has 102 valence electrons. The first-order chi connectivity index (χ1) is 9.06. The van der Waals surface area contributed by atoms with Gasteiger partial charge in [-0.2, -0.15) is 0 Å². The Balaban J connectivity index is 1.92. The maximum atomic E-state index is 11.0. The molecule has 19 heavy (non-hydrogen) atoms. The Morgan fingerprint density at radius 1 is 1.37 bits per heavy atom. The largest absolute Gasteiger partial charge is 0.368 e. The molecule has 0 saturated carbocycles. The van der Waals surface area contributed by atoms with E-state index in [1.54, 1.807) is 12.1 Å². The third-order valence-corrected chi connectivity index (χ3v) is 4.52. The van der Waals surface area contributed by atoms with E-state index >= 15 is 0 Å². The smallest absolute Gasteiger partial charge is 0.271 e. The lowest BCUT2D eigenvalue weighted by molar-refractivity contribution is -0.384. The van der Waals surface area contributed by atoms with Crippen molar-refractivity contribution in [1.82, 2.24) is 5.32 Å². The third-order valence-electron chi connectivity index (χ3n) is 4.52. The monoisotopic (exact) mass is 261 g/mol. The van der Waals surface area contributed by atoms with E-state index in [1.165, 1.54) is 0 Å². The van der Waals surface area contributed by atoms with Crippen LogP contribution < -0.4 is 10.2 Å². The van der Waals surface area contributed by atoms with E-state index in [9.17, 15) is 10.1 Å². The molecule has 3 unspecified atom stereocenters. The van der Waals surface area contributed by atoms with Gasteiger partial charge in [0.05, 0.1) is 4.92 Å². The van der Waals surface area contributed by atoms with E-state index in [0.29, 0.717) is 17.9 Å². The van der Waals surface area contributed by atoms with Crippen LogP contribution in [-0.2, 0) is 0 Å². The van der Waals surface area contributed by atoms with Gasteiger partial charge < -0.3 is 10.2 Å². The molecule has 2 aliphatic rings. The summed E-state index contributed by atoms with van der Waals surface area (Å²) in [6.45, 7) is 7.28. The van der Waals surface area contributed by atoms with Crippen LogP contribution in [0.4, 0.5) is 11.4 Å². The fraction of sp³-hybridized carbons (Fsp3) is 0.571. The second-order valence-corrected chi connectivity index (χ2v) is 5.76. The van der Waals surface area contributed by atoms with Gasteiger partial charge in [-0.1, -0.05) is 0 Å². The highest BCUT2D eigenvalue weighted by Gasteiger charge is 2.42. The predicted octanol–water partition coefficient (Wildman–Crippen LogP) is 1.95. The summed E-state index contributed by atoms with van der Waals surface area (Å²) in [6.07, 6.45) is 0. The molecule has 0 bridgehead atoms. The van der Waals surface area contributed by atoms with E-state index in [0.717, 1.165) is 30.9 Å². The van der Waals surface area contributed by atoms with E-state index in [4.69, 9.17) is 0 Å². The first kappa shape index (κ1) is 12.4. The molecule has 3 rings (SSSR count). The molecule has 0 aliphatic carbocycles. The van der Waals surface area contributed by atoms with Crippen LogP contribution >= 0.6 is 0 Å². The van der Waals surface area contributed by atoms with Crippen LogP contribution in [0, 0.1) is 28.9 Å². The molecule has 2 saturated heterocycles. The summed E-state index contributed by atoms with van der Waals surface area (Å²) in [6, 6.07) is 5.84.